The minimum absolute atomic E-state index is 0.0552. The van der Waals surface area contributed by atoms with E-state index >= 15 is 0 Å². The first-order valence-electron chi connectivity index (χ1n) is 18.8. The summed E-state index contributed by atoms with van der Waals surface area (Å²) in [5, 5.41) is 9.37. The second-order valence-electron chi connectivity index (χ2n) is 14.6. The van der Waals surface area contributed by atoms with E-state index in [-0.39, 0.29) is 38.3 Å². The quantitative estimate of drug-likeness (QED) is 0.0703. The highest BCUT2D eigenvalue weighted by Gasteiger charge is 2.59. The third-order valence-corrected chi connectivity index (χ3v) is 12.4. The molecule has 1 unspecified atom stereocenters. The summed E-state index contributed by atoms with van der Waals surface area (Å²) in [5.74, 6) is 1.38. The van der Waals surface area contributed by atoms with Crippen LogP contribution in [0, 0.1) is 18.3 Å². The summed E-state index contributed by atoms with van der Waals surface area (Å²) < 4.78 is 49.1. The maximum absolute atomic E-state index is 13.3. The lowest BCUT2D eigenvalue weighted by Crippen LogP contribution is -2.67. The summed E-state index contributed by atoms with van der Waals surface area (Å²) in [6.45, 7) is 10.2. The van der Waals surface area contributed by atoms with Crippen LogP contribution in [-0.2, 0) is 28.9 Å². The first kappa shape index (κ1) is 41.3. The van der Waals surface area contributed by atoms with Gasteiger partial charge in [-0.15, -0.1) is 0 Å². The molecule has 14 heteroatoms. The molecule has 13 nitrogen and oxygen atoms in total. The lowest BCUT2D eigenvalue weighted by molar-refractivity contribution is -0.339. The minimum Gasteiger partial charge on any atom is -0.497 e. The van der Waals surface area contributed by atoms with E-state index in [1.54, 1.807) is 21.1 Å². The van der Waals surface area contributed by atoms with Gasteiger partial charge in [0.05, 0.1) is 46.5 Å². The van der Waals surface area contributed by atoms with Crippen molar-refractivity contribution in [1.29, 1.82) is 5.26 Å². The largest absolute Gasteiger partial charge is 0.497 e. The van der Waals surface area contributed by atoms with E-state index in [1.807, 2.05) is 78.9 Å². The molecular weight excluding hydrogens is 735 g/mol. The molecule has 7 rings (SSSR count). The highest BCUT2D eigenvalue weighted by molar-refractivity contribution is 7.44. The summed E-state index contributed by atoms with van der Waals surface area (Å²) in [7, 11) is 1.55. The predicted octanol–water partition coefficient (Wildman–Crippen LogP) is 6.59. The second kappa shape index (κ2) is 17.8. The topological polar surface area (TPSA) is 146 Å². The average molecular weight is 787 g/mol. The first-order valence-corrected chi connectivity index (χ1v) is 19.9. The summed E-state index contributed by atoms with van der Waals surface area (Å²) >= 11 is 0. The van der Waals surface area contributed by atoms with Crippen LogP contribution in [0.1, 0.15) is 69.0 Å². The lowest BCUT2D eigenvalue weighted by atomic mass is 9.79. The molecule has 0 aliphatic carbocycles. The number of ether oxygens (including phenoxy) is 5. The molecular formula is C42H51N4O9P. The Hall–Kier alpha value is -4.38. The molecule has 3 aliphatic heterocycles. The van der Waals surface area contributed by atoms with E-state index in [4.69, 9.17) is 32.7 Å². The van der Waals surface area contributed by atoms with Crippen molar-refractivity contribution in [2.24, 2.45) is 0 Å². The van der Waals surface area contributed by atoms with Crippen molar-refractivity contribution in [3.8, 4) is 17.6 Å². The molecule has 3 fully saturated rings. The number of aryl methyl sites for hydroxylation is 1. The van der Waals surface area contributed by atoms with Gasteiger partial charge in [-0.3, -0.25) is 14.3 Å². The lowest BCUT2D eigenvalue weighted by Gasteiger charge is -2.55. The zero-order chi connectivity index (χ0) is 40.0. The van der Waals surface area contributed by atoms with Crippen LogP contribution in [0.25, 0.3) is 0 Å². The maximum atomic E-state index is 13.3. The van der Waals surface area contributed by atoms with Crippen molar-refractivity contribution in [1.82, 2.24) is 14.2 Å². The van der Waals surface area contributed by atoms with Gasteiger partial charge in [0, 0.05) is 30.3 Å². The summed E-state index contributed by atoms with van der Waals surface area (Å²) in [5.41, 5.74) is -0.717. The molecule has 3 aliphatic rings. The number of methoxy groups -OCH3 is 2. The van der Waals surface area contributed by atoms with Crippen molar-refractivity contribution in [2.75, 3.05) is 34.0 Å². The molecule has 1 aromatic heterocycles. The van der Waals surface area contributed by atoms with Gasteiger partial charge in [-0.25, -0.2) is 9.46 Å². The van der Waals surface area contributed by atoms with E-state index in [0.717, 1.165) is 16.7 Å². The Labute approximate surface area is 329 Å². The van der Waals surface area contributed by atoms with Gasteiger partial charge in [0.1, 0.15) is 34.9 Å². The maximum Gasteiger partial charge on any atom is 0.330 e. The Morgan fingerprint density at radius 2 is 1.54 bits per heavy atom. The van der Waals surface area contributed by atoms with E-state index < -0.39 is 49.4 Å². The van der Waals surface area contributed by atoms with Gasteiger partial charge in [-0.05, 0) is 75.6 Å². The SMILES string of the molecule is COc1ccc(C(OC[C@]23CO[C@H](C[C@@H]2OP(OCCC#N)N(C(C)C)C(C)C)[C@@H](n2cc(C)c(=O)[nH]c2=O)O3)(c2ccccc2)c2ccc(OC)cc2)cc1. The van der Waals surface area contributed by atoms with Gasteiger partial charge in [-0.2, -0.15) is 5.26 Å². The number of nitriles is 1. The van der Waals surface area contributed by atoms with Crippen LogP contribution in [-0.4, -0.2) is 78.2 Å². The van der Waals surface area contributed by atoms with Crippen LogP contribution >= 0.6 is 8.53 Å². The van der Waals surface area contributed by atoms with Gasteiger partial charge in [0.15, 0.2) is 6.23 Å². The third kappa shape index (κ3) is 8.34. The van der Waals surface area contributed by atoms with Gasteiger partial charge in [0.2, 0.25) is 0 Å². The van der Waals surface area contributed by atoms with E-state index in [9.17, 15) is 14.9 Å². The summed E-state index contributed by atoms with van der Waals surface area (Å²) in [6.07, 6.45) is -0.111. The monoisotopic (exact) mass is 786 g/mol. The highest BCUT2D eigenvalue weighted by atomic mass is 31.2. The van der Waals surface area contributed by atoms with Crippen LogP contribution in [0.2, 0.25) is 0 Å². The molecule has 0 saturated carbocycles. The van der Waals surface area contributed by atoms with Gasteiger partial charge in [-0.1, -0.05) is 54.6 Å². The van der Waals surface area contributed by atoms with Crippen molar-refractivity contribution in [2.45, 2.75) is 89.2 Å². The number of rotatable bonds is 17. The first-order chi connectivity index (χ1) is 27.0. The van der Waals surface area contributed by atoms with Crippen molar-refractivity contribution >= 4 is 8.53 Å². The predicted molar refractivity (Wildman–Crippen MR) is 212 cm³/mol. The molecule has 3 aromatic carbocycles. The van der Waals surface area contributed by atoms with Gasteiger partial charge >= 0.3 is 5.69 Å². The second-order valence-corrected chi connectivity index (χ2v) is 16.0. The fourth-order valence-corrected chi connectivity index (χ4v) is 9.29. The standard InChI is InChI=1S/C42H51N4O9P/c1-28(2)46(29(3)4)56(53-23-11-22-43)55-37-24-36-39(45-25-30(5)38(47)44-40(45)48)54-41(37,26-51-36)27-52-42(31-12-9-8-10-13-31,32-14-18-34(49-6)19-15-32)33-16-20-35(50-7)21-17-33/h8-10,12-21,25,28-29,36-37,39H,11,23-24,26-27H2,1-7H3,(H,44,47,48)/t36-,37+,39+,41-,56?/m1/s1. The Morgan fingerprint density at radius 3 is 2.09 bits per heavy atom. The smallest absolute Gasteiger partial charge is 0.330 e. The van der Waals surface area contributed by atoms with Crippen LogP contribution in [0.5, 0.6) is 11.5 Å². The number of fused-ring (bicyclic) bond motifs is 3. The Kier molecular flexibility index (Phi) is 13.1. The van der Waals surface area contributed by atoms with E-state index in [2.05, 4.69) is 43.4 Å². The molecule has 5 atom stereocenters. The molecule has 0 radical (unpaired) electrons. The Balaban J connectivity index is 1.50. The average Bonchev–Trinajstić information content (AvgIpc) is 3.20. The molecule has 0 spiro atoms. The van der Waals surface area contributed by atoms with Crippen LogP contribution in [0.3, 0.4) is 0 Å². The molecule has 56 heavy (non-hydrogen) atoms. The molecule has 0 amide bonds. The fraction of sp³-hybridized carbons (Fsp3) is 0.452. The van der Waals surface area contributed by atoms with Crippen LogP contribution in [0.4, 0.5) is 0 Å². The number of nitrogens with one attached hydrogen (secondary N) is 1. The summed E-state index contributed by atoms with van der Waals surface area (Å²) in [4.78, 5) is 28.2. The molecule has 1 N–H and O–H groups in total. The van der Waals surface area contributed by atoms with Crippen molar-refractivity contribution < 1.29 is 32.7 Å². The number of benzene rings is 3. The number of H-pyrrole nitrogens is 1. The third-order valence-electron chi connectivity index (χ3n) is 10.3. The highest BCUT2D eigenvalue weighted by Crippen LogP contribution is 2.54. The number of nitrogens with zero attached hydrogens (tertiary/aromatic N) is 3. The van der Waals surface area contributed by atoms with E-state index in [0.29, 0.717) is 23.5 Å². The number of hydrogen-bond acceptors (Lipinski definition) is 11. The normalized spacial score (nSPS) is 21.3. The molecule has 298 valence electrons. The number of aromatic amines is 1. The van der Waals surface area contributed by atoms with Crippen LogP contribution < -0.4 is 20.7 Å². The number of hydrogen-bond donors (Lipinski definition) is 1. The Bertz CT molecular complexity index is 2010. The number of aromatic nitrogens is 2. The molecule has 2 bridgehead atoms. The van der Waals surface area contributed by atoms with E-state index in [1.165, 1.54) is 10.8 Å². The zero-order valence-corrected chi connectivity index (χ0v) is 33.9. The van der Waals surface area contributed by atoms with Gasteiger partial charge < -0.3 is 32.7 Å². The molecule has 4 aromatic rings. The molecule has 4 heterocycles. The minimum atomic E-state index is -1.70. The zero-order valence-electron chi connectivity index (χ0n) is 33.0. The Morgan fingerprint density at radius 1 is 0.946 bits per heavy atom. The van der Waals surface area contributed by atoms with Gasteiger partial charge in [0.25, 0.3) is 14.1 Å². The van der Waals surface area contributed by atoms with Crippen molar-refractivity contribution in [3.05, 3.63) is 128 Å². The van der Waals surface area contributed by atoms with Crippen molar-refractivity contribution in [3.63, 3.8) is 0 Å². The summed E-state index contributed by atoms with van der Waals surface area (Å²) in [6, 6.07) is 27.7. The fourth-order valence-electron chi connectivity index (χ4n) is 7.49. The molecule has 3 saturated heterocycles. The van der Waals surface area contributed by atoms with Crippen LogP contribution in [0.15, 0.2) is 94.6 Å².